The maximum Gasteiger partial charge on any atom is 0.142 e. The Bertz CT molecular complexity index is 1060. The zero-order chi connectivity index (χ0) is 18.6. The van der Waals surface area contributed by atoms with Crippen LogP contribution in [0.2, 0.25) is 10.0 Å². The van der Waals surface area contributed by atoms with E-state index in [1.807, 2.05) is 60.7 Å². The van der Waals surface area contributed by atoms with E-state index in [1.165, 1.54) is 0 Å². The molecule has 0 amide bonds. The van der Waals surface area contributed by atoms with E-state index in [9.17, 15) is 0 Å². The molecule has 1 heterocycles. The van der Waals surface area contributed by atoms with Crippen LogP contribution in [-0.4, -0.2) is 16.2 Å². The first-order valence-corrected chi connectivity index (χ1v) is 9.56. The standard InChI is InChI=1S/C22H18Cl2N2O/c23-16-11-12-18(19(24)15-16)22-25-20-9-4-5-10-21(20)26(22)13-6-14-27-17-7-2-1-3-8-17/h1-5,7-12,15H,6,13-14H2. The number of aromatic nitrogens is 2. The quantitative estimate of drug-likeness (QED) is 0.348. The van der Waals surface area contributed by atoms with Gasteiger partial charge in [0, 0.05) is 17.1 Å². The Hall–Kier alpha value is -2.49. The van der Waals surface area contributed by atoms with Crippen LogP contribution in [-0.2, 0) is 6.54 Å². The molecule has 0 spiro atoms. The number of nitrogens with zero attached hydrogens (tertiary/aromatic N) is 2. The minimum atomic E-state index is 0.597. The Labute approximate surface area is 168 Å². The maximum atomic E-state index is 6.44. The summed E-state index contributed by atoms with van der Waals surface area (Å²) in [5, 5.41) is 1.21. The average molecular weight is 397 g/mol. The topological polar surface area (TPSA) is 27.1 Å². The molecule has 0 aliphatic rings. The van der Waals surface area contributed by atoms with Crippen molar-refractivity contribution in [1.29, 1.82) is 0 Å². The van der Waals surface area contributed by atoms with E-state index in [2.05, 4.69) is 10.6 Å². The lowest BCUT2D eigenvalue weighted by Crippen LogP contribution is -2.06. The Morgan fingerprint density at radius 2 is 1.67 bits per heavy atom. The van der Waals surface area contributed by atoms with Gasteiger partial charge < -0.3 is 9.30 Å². The van der Waals surface area contributed by atoms with Gasteiger partial charge in [0.25, 0.3) is 0 Å². The zero-order valence-corrected chi connectivity index (χ0v) is 16.1. The highest BCUT2D eigenvalue weighted by Crippen LogP contribution is 2.32. The van der Waals surface area contributed by atoms with Gasteiger partial charge in [-0.05, 0) is 48.9 Å². The second-order valence-corrected chi connectivity index (χ2v) is 7.06. The predicted octanol–water partition coefficient (Wildman–Crippen LogP) is 6.48. The molecule has 0 radical (unpaired) electrons. The van der Waals surface area contributed by atoms with E-state index in [0.29, 0.717) is 16.7 Å². The predicted molar refractivity (Wildman–Crippen MR) is 112 cm³/mol. The molecule has 0 bridgehead atoms. The Morgan fingerprint density at radius 1 is 0.889 bits per heavy atom. The average Bonchev–Trinajstić information content (AvgIpc) is 3.04. The van der Waals surface area contributed by atoms with Crippen molar-refractivity contribution in [3.05, 3.63) is 82.8 Å². The number of aryl methyl sites for hydroxylation is 1. The summed E-state index contributed by atoms with van der Waals surface area (Å²) in [5.74, 6) is 1.73. The fourth-order valence-electron chi connectivity index (χ4n) is 3.11. The largest absolute Gasteiger partial charge is 0.494 e. The first-order valence-electron chi connectivity index (χ1n) is 8.81. The van der Waals surface area contributed by atoms with Gasteiger partial charge in [-0.3, -0.25) is 0 Å². The summed E-state index contributed by atoms with van der Waals surface area (Å²) in [6.45, 7) is 1.41. The molecule has 0 aliphatic carbocycles. The van der Waals surface area contributed by atoms with Crippen molar-refractivity contribution >= 4 is 34.2 Å². The maximum absolute atomic E-state index is 6.44. The summed E-state index contributed by atoms with van der Waals surface area (Å²) in [6.07, 6.45) is 0.855. The van der Waals surface area contributed by atoms with Gasteiger partial charge in [-0.15, -0.1) is 0 Å². The van der Waals surface area contributed by atoms with Crippen molar-refractivity contribution < 1.29 is 4.74 Å². The molecule has 4 rings (SSSR count). The van der Waals surface area contributed by atoms with Gasteiger partial charge in [0.2, 0.25) is 0 Å². The third kappa shape index (κ3) is 3.95. The second kappa shape index (κ2) is 8.03. The number of benzene rings is 3. The molecule has 5 heteroatoms. The number of imidazole rings is 1. The Kier molecular flexibility index (Phi) is 5.33. The van der Waals surface area contributed by atoms with Gasteiger partial charge >= 0.3 is 0 Å². The highest BCUT2D eigenvalue weighted by Gasteiger charge is 2.15. The van der Waals surface area contributed by atoms with E-state index >= 15 is 0 Å². The lowest BCUT2D eigenvalue weighted by molar-refractivity contribution is 0.303. The Morgan fingerprint density at radius 3 is 2.48 bits per heavy atom. The van der Waals surface area contributed by atoms with Crippen LogP contribution in [0.1, 0.15) is 6.42 Å². The molecule has 0 unspecified atom stereocenters. The van der Waals surface area contributed by atoms with Crippen LogP contribution in [0.15, 0.2) is 72.8 Å². The van der Waals surface area contributed by atoms with Crippen LogP contribution < -0.4 is 4.74 Å². The third-order valence-corrected chi connectivity index (χ3v) is 4.91. The number of ether oxygens (including phenoxy) is 1. The number of fused-ring (bicyclic) bond motifs is 1. The second-order valence-electron chi connectivity index (χ2n) is 6.21. The van der Waals surface area contributed by atoms with E-state index in [4.69, 9.17) is 32.9 Å². The molecule has 3 nitrogen and oxygen atoms in total. The molecule has 136 valence electrons. The molecule has 27 heavy (non-hydrogen) atoms. The SMILES string of the molecule is Clc1ccc(-c2nc3ccccc3n2CCCOc2ccccc2)c(Cl)c1. The van der Waals surface area contributed by atoms with E-state index in [0.717, 1.165) is 41.1 Å². The third-order valence-electron chi connectivity index (χ3n) is 4.36. The van der Waals surface area contributed by atoms with Gasteiger partial charge in [-0.2, -0.15) is 0 Å². The molecular weight excluding hydrogens is 379 g/mol. The van der Waals surface area contributed by atoms with Gasteiger partial charge in [-0.1, -0.05) is 53.5 Å². The van der Waals surface area contributed by atoms with E-state index in [1.54, 1.807) is 6.07 Å². The van der Waals surface area contributed by atoms with Gasteiger partial charge in [-0.25, -0.2) is 4.98 Å². The Balaban J connectivity index is 1.60. The van der Waals surface area contributed by atoms with Crippen LogP contribution in [0.5, 0.6) is 5.75 Å². The zero-order valence-electron chi connectivity index (χ0n) is 14.6. The molecular formula is C22H18Cl2N2O. The summed E-state index contributed by atoms with van der Waals surface area (Å²) >= 11 is 12.5. The minimum absolute atomic E-state index is 0.597. The number of rotatable bonds is 6. The molecule has 0 saturated heterocycles. The number of hydrogen-bond donors (Lipinski definition) is 0. The van der Waals surface area contributed by atoms with Crippen LogP contribution in [0.4, 0.5) is 0 Å². The van der Waals surface area contributed by atoms with E-state index in [-0.39, 0.29) is 0 Å². The van der Waals surface area contributed by atoms with Gasteiger partial charge in [0.05, 0.1) is 22.7 Å². The summed E-state index contributed by atoms with van der Waals surface area (Å²) in [6, 6.07) is 23.5. The van der Waals surface area contributed by atoms with Crippen molar-refractivity contribution in [2.75, 3.05) is 6.61 Å². The molecule has 0 fully saturated rings. The van der Waals surface area contributed by atoms with Gasteiger partial charge in [0.1, 0.15) is 11.6 Å². The molecule has 0 atom stereocenters. The van der Waals surface area contributed by atoms with E-state index < -0.39 is 0 Å². The molecule has 0 N–H and O–H groups in total. The minimum Gasteiger partial charge on any atom is -0.494 e. The van der Waals surface area contributed by atoms with Gasteiger partial charge in [0.15, 0.2) is 0 Å². The molecule has 1 aromatic heterocycles. The first kappa shape index (κ1) is 17.9. The lowest BCUT2D eigenvalue weighted by Gasteiger charge is -2.11. The summed E-state index contributed by atoms with van der Waals surface area (Å²) in [7, 11) is 0. The molecule has 0 saturated carbocycles. The van der Waals surface area contributed by atoms with Crippen LogP contribution in [0, 0.1) is 0 Å². The van der Waals surface area contributed by atoms with Crippen LogP contribution in [0.25, 0.3) is 22.4 Å². The summed E-state index contributed by atoms with van der Waals surface area (Å²) in [4.78, 5) is 4.80. The summed E-state index contributed by atoms with van der Waals surface area (Å²) in [5.41, 5.74) is 2.90. The molecule has 4 aromatic rings. The monoisotopic (exact) mass is 396 g/mol. The smallest absolute Gasteiger partial charge is 0.142 e. The molecule has 0 aliphatic heterocycles. The van der Waals surface area contributed by atoms with Crippen molar-refractivity contribution in [3.63, 3.8) is 0 Å². The van der Waals surface area contributed by atoms with Crippen molar-refractivity contribution in [1.82, 2.24) is 9.55 Å². The number of halogens is 2. The fourth-order valence-corrected chi connectivity index (χ4v) is 3.60. The van der Waals surface area contributed by atoms with Crippen molar-refractivity contribution in [2.45, 2.75) is 13.0 Å². The highest BCUT2D eigenvalue weighted by atomic mass is 35.5. The van der Waals surface area contributed by atoms with Crippen molar-refractivity contribution in [2.24, 2.45) is 0 Å². The fraction of sp³-hybridized carbons (Fsp3) is 0.136. The first-order chi connectivity index (χ1) is 13.2. The molecule has 3 aromatic carbocycles. The van der Waals surface area contributed by atoms with Crippen LogP contribution in [0.3, 0.4) is 0 Å². The highest BCUT2D eigenvalue weighted by molar-refractivity contribution is 6.36. The lowest BCUT2D eigenvalue weighted by atomic mass is 10.2. The van der Waals surface area contributed by atoms with Crippen LogP contribution >= 0.6 is 23.2 Å². The summed E-state index contributed by atoms with van der Waals surface area (Å²) < 4.78 is 8.02. The number of para-hydroxylation sites is 3. The van der Waals surface area contributed by atoms with Crippen molar-refractivity contribution in [3.8, 4) is 17.1 Å². The normalized spacial score (nSPS) is 11.0. The number of hydrogen-bond acceptors (Lipinski definition) is 2.